The Morgan fingerprint density at radius 3 is 2.82 bits per heavy atom. The van der Waals surface area contributed by atoms with Gasteiger partial charge in [0.05, 0.1) is 36.4 Å². The van der Waals surface area contributed by atoms with E-state index in [1.165, 1.54) is 4.68 Å². The summed E-state index contributed by atoms with van der Waals surface area (Å²) in [5.74, 6) is 0.455. The second-order valence-corrected chi connectivity index (χ2v) is 6.71. The molecule has 0 saturated heterocycles. The van der Waals surface area contributed by atoms with E-state index >= 15 is 0 Å². The number of benzene rings is 1. The fourth-order valence-corrected chi connectivity index (χ4v) is 3.04. The third-order valence-electron chi connectivity index (χ3n) is 4.00. The van der Waals surface area contributed by atoms with Gasteiger partial charge in [0, 0.05) is 11.9 Å². The van der Waals surface area contributed by atoms with Gasteiger partial charge in [-0.3, -0.25) is 9.48 Å². The van der Waals surface area contributed by atoms with Crippen LogP contribution in [0.25, 0.3) is 10.9 Å². The molecule has 1 aromatic carbocycles. The number of pyridine rings is 1. The number of hydrogen-bond acceptors (Lipinski definition) is 6. The number of aliphatic hydroxyl groups is 1. The van der Waals surface area contributed by atoms with Crippen molar-refractivity contribution in [3.63, 3.8) is 0 Å². The normalized spacial score (nSPS) is 10.9. The summed E-state index contributed by atoms with van der Waals surface area (Å²) >= 11 is 11.9. The van der Waals surface area contributed by atoms with Crippen LogP contribution in [0.1, 0.15) is 11.3 Å². The van der Waals surface area contributed by atoms with E-state index < -0.39 is 0 Å². The average molecular weight is 422 g/mol. The van der Waals surface area contributed by atoms with E-state index in [1.54, 1.807) is 18.2 Å². The first kappa shape index (κ1) is 20.2. The number of hydrogen-bond donors (Lipinski definition) is 3. The van der Waals surface area contributed by atoms with Crippen molar-refractivity contribution in [2.45, 2.75) is 13.1 Å². The zero-order chi connectivity index (χ0) is 20.1. The van der Waals surface area contributed by atoms with Crippen LogP contribution in [-0.4, -0.2) is 39.7 Å². The largest absolute Gasteiger partial charge is 0.394 e. The van der Waals surface area contributed by atoms with Crippen LogP contribution >= 0.6 is 23.2 Å². The van der Waals surface area contributed by atoms with E-state index in [-0.39, 0.29) is 37.6 Å². The molecule has 146 valence electrons. The van der Waals surface area contributed by atoms with E-state index in [0.29, 0.717) is 33.3 Å². The van der Waals surface area contributed by atoms with Gasteiger partial charge in [-0.15, -0.1) is 0 Å². The number of fused-ring (bicyclic) bond motifs is 1. The highest BCUT2D eigenvalue weighted by Crippen LogP contribution is 2.23. The van der Waals surface area contributed by atoms with Gasteiger partial charge in [-0.1, -0.05) is 29.3 Å². The molecular weight excluding hydrogens is 405 g/mol. The molecule has 8 nitrogen and oxygen atoms in total. The smallest absolute Gasteiger partial charge is 0.275 e. The van der Waals surface area contributed by atoms with Gasteiger partial charge in [0.15, 0.2) is 5.69 Å². The minimum atomic E-state index is -0.370. The highest BCUT2D eigenvalue weighted by Gasteiger charge is 2.15. The van der Waals surface area contributed by atoms with Crippen LogP contribution in [0.2, 0.25) is 10.0 Å². The van der Waals surface area contributed by atoms with Crippen LogP contribution in [0.3, 0.4) is 0 Å². The minimum absolute atomic E-state index is 0.0856. The van der Waals surface area contributed by atoms with E-state index in [0.717, 1.165) is 5.56 Å². The first-order valence-electron chi connectivity index (χ1n) is 8.44. The lowest BCUT2D eigenvalue weighted by atomic mass is 10.2. The maximum Gasteiger partial charge on any atom is 0.275 e. The standard InChI is InChI=1S/C18H17Cl2N5O3/c19-13-2-1-11(7-14(13)20)10-22-16-8-12-15(9-21)24-25(3-5-28-6-4-26)17(12)18(27)23-16/h1-2,7-8,26H,3-6,10H2,(H2,22,23,27). The molecule has 3 aromatic rings. The van der Waals surface area contributed by atoms with Gasteiger partial charge in [0.1, 0.15) is 17.4 Å². The lowest BCUT2D eigenvalue weighted by Crippen LogP contribution is -2.16. The lowest BCUT2D eigenvalue weighted by Gasteiger charge is -2.08. The van der Waals surface area contributed by atoms with Crippen LogP contribution in [0.5, 0.6) is 0 Å². The molecule has 0 aliphatic heterocycles. The summed E-state index contributed by atoms with van der Waals surface area (Å²) in [6.45, 7) is 1.07. The van der Waals surface area contributed by atoms with E-state index in [4.69, 9.17) is 33.0 Å². The molecule has 2 heterocycles. The number of rotatable bonds is 8. The van der Waals surface area contributed by atoms with E-state index in [2.05, 4.69) is 15.4 Å². The van der Waals surface area contributed by atoms with Crippen LogP contribution in [-0.2, 0) is 17.8 Å². The van der Waals surface area contributed by atoms with Gasteiger partial charge in [0.2, 0.25) is 0 Å². The van der Waals surface area contributed by atoms with Crippen LogP contribution < -0.4 is 10.9 Å². The maximum atomic E-state index is 12.6. The fraction of sp³-hybridized carbons (Fsp3) is 0.278. The van der Waals surface area contributed by atoms with Gasteiger partial charge in [0.25, 0.3) is 5.56 Å². The number of halogens is 2. The highest BCUT2D eigenvalue weighted by molar-refractivity contribution is 6.42. The summed E-state index contributed by atoms with van der Waals surface area (Å²) < 4.78 is 6.65. The maximum absolute atomic E-state index is 12.6. The SMILES string of the molecule is N#Cc1nn(CCOCCO)c2c(=O)[nH]c(NCc3ccc(Cl)c(Cl)c3)cc12. The van der Waals surface area contributed by atoms with Crippen LogP contribution in [0.15, 0.2) is 29.1 Å². The van der Waals surface area contributed by atoms with Crippen molar-refractivity contribution >= 4 is 39.9 Å². The van der Waals surface area contributed by atoms with Gasteiger partial charge in [-0.25, -0.2) is 0 Å². The number of aromatic amines is 1. The predicted molar refractivity (Wildman–Crippen MR) is 107 cm³/mol. The quantitative estimate of drug-likeness (QED) is 0.481. The average Bonchev–Trinajstić information content (AvgIpc) is 3.04. The molecule has 0 bridgehead atoms. The van der Waals surface area contributed by atoms with Crippen molar-refractivity contribution in [1.29, 1.82) is 5.26 Å². The molecule has 0 amide bonds. The third kappa shape index (κ3) is 4.46. The summed E-state index contributed by atoms with van der Waals surface area (Å²) in [6.07, 6.45) is 0. The number of nitriles is 1. The summed E-state index contributed by atoms with van der Waals surface area (Å²) in [5, 5.41) is 26.7. The molecule has 0 aliphatic carbocycles. The molecule has 2 aromatic heterocycles. The Balaban J connectivity index is 1.84. The molecule has 3 rings (SSSR count). The Labute approximate surface area is 170 Å². The molecule has 10 heteroatoms. The van der Waals surface area contributed by atoms with Gasteiger partial charge in [-0.2, -0.15) is 10.4 Å². The summed E-state index contributed by atoms with van der Waals surface area (Å²) in [6, 6.07) is 8.94. The van der Waals surface area contributed by atoms with Crippen molar-refractivity contribution in [1.82, 2.24) is 14.8 Å². The first-order valence-corrected chi connectivity index (χ1v) is 9.19. The Bertz CT molecular complexity index is 1090. The minimum Gasteiger partial charge on any atom is -0.394 e. The fourth-order valence-electron chi connectivity index (χ4n) is 2.72. The zero-order valence-electron chi connectivity index (χ0n) is 14.7. The predicted octanol–water partition coefficient (Wildman–Crippen LogP) is 2.52. The molecular formula is C18H17Cl2N5O3. The third-order valence-corrected chi connectivity index (χ3v) is 4.74. The summed E-state index contributed by atoms with van der Waals surface area (Å²) in [4.78, 5) is 15.3. The molecule has 0 radical (unpaired) electrons. The van der Waals surface area contributed by atoms with Gasteiger partial charge >= 0.3 is 0 Å². The van der Waals surface area contributed by atoms with Crippen molar-refractivity contribution in [2.75, 3.05) is 25.1 Å². The first-order chi connectivity index (χ1) is 13.5. The molecule has 0 aliphatic rings. The van der Waals surface area contributed by atoms with E-state index in [9.17, 15) is 10.1 Å². The number of nitrogens with one attached hydrogen (secondary N) is 2. The van der Waals surface area contributed by atoms with Crippen molar-refractivity contribution < 1.29 is 9.84 Å². The van der Waals surface area contributed by atoms with Gasteiger partial charge < -0.3 is 20.1 Å². The second-order valence-electron chi connectivity index (χ2n) is 5.90. The second kappa shape index (κ2) is 9.08. The monoisotopic (exact) mass is 421 g/mol. The number of aromatic nitrogens is 3. The zero-order valence-corrected chi connectivity index (χ0v) is 16.2. The number of anilines is 1. The van der Waals surface area contributed by atoms with Gasteiger partial charge in [-0.05, 0) is 23.8 Å². The molecule has 0 saturated carbocycles. The number of nitrogens with zero attached hydrogens (tertiary/aromatic N) is 3. The number of ether oxygens (including phenoxy) is 1. The topological polar surface area (TPSA) is 116 Å². The number of aliphatic hydroxyl groups excluding tert-OH is 1. The number of H-pyrrole nitrogens is 1. The molecule has 0 spiro atoms. The summed E-state index contributed by atoms with van der Waals surface area (Å²) in [7, 11) is 0. The Kier molecular flexibility index (Phi) is 6.54. The Hall–Kier alpha value is -2.57. The summed E-state index contributed by atoms with van der Waals surface area (Å²) in [5.41, 5.74) is 0.961. The van der Waals surface area contributed by atoms with Crippen molar-refractivity contribution in [3.05, 3.63) is 55.9 Å². The lowest BCUT2D eigenvalue weighted by molar-refractivity contribution is 0.0859. The van der Waals surface area contributed by atoms with Crippen LogP contribution in [0.4, 0.5) is 5.82 Å². The van der Waals surface area contributed by atoms with Crippen LogP contribution in [0, 0.1) is 11.3 Å². The van der Waals surface area contributed by atoms with Crippen molar-refractivity contribution in [2.24, 2.45) is 0 Å². The molecule has 3 N–H and O–H groups in total. The molecule has 0 unspecified atom stereocenters. The van der Waals surface area contributed by atoms with E-state index in [1.807, 2.05) is 12.1 Å². The van der Waals surface area contributed by atoms with Crippen molar-refractivity contribution in [3.8, 4) is 6.07 Å². The molecule has 0 fully saturated rings. The molecule has 0 atom stereocenters. The highest BCUT2D eigenvalue weighted by atomic mass is 35.5. The molecule has 28 heavy (non-hydrogen) atoms. The Morgan fingerprint density at radius 1 is 1.29 bits per heavy atom. The Morgan fingerprint density at radius 2 is 2.11 bits per heavy atom.